The molecule has 15 heteroatoms. The first-order valence-electron chi connectivity index (χ1n) is 16.8. The van der Waals surface area contributed by atoms with Crippen molar-refractivity contribution in [2.45, 2.75) is 53.2 Å². The molecule has 298 valence electrons. The number of hydrogen-bond donors (Lipinski definition) is 0. The highest BCUT2D eigenvalue weighted by atomic mass is 79.9. The molecular formula is C42H41BrCl2N4O8. The fraction of sp³-hybridized carbons (Fsp3) is 0.238. The van der Waals surface area contributed by atoms with Crippen molar-refractivity contribution in [3.8, 4) is 0 Å². The Kier molecular flexibility index (Phi) is 17.9. The van der Waals surface area contributed by atoms with Gasteiger partial charge in [0.05, 0.1) is 46.4 Å². The molecule has 0 aliphatic heterocycles. The summed E-state index contributed by atoms with van der Waals surface area (Å²) in [7, 11) is 2.70. The Labute approximate surface area is 349 Å². The SMILES string of the molecule is C.CC(=O)OCc1cc(CBr)cc2cc(Cl)cnc12.COC(=O)c1ccnc(C)c1.COC(=O)c1ccnc(Cc2cc(COC(C)=O)c3ncc(Cl)cc3c2)c1. The Morgan fingerprint density at radius 3 is 1.60 bits per heavy atom. The van der Waals surface area contributed by atoms with Gasteiger partial charge in [0.1, 0.15) is 13.2 Å². The van der Waals surface area contributed by atoms with Crippen LogP contribution in [-0.2, 0) is 53.5 Å². The van der Waals surface area contributed by atoms with E-state index < -0.39 is 5.97 Å². The van der Waals surface area contributed by atoms with Gasteiger partial charge in [0.25, 0.3) is 0 Å². The average molecular weight is 881 g/mol. The van der Waals surface area contributed by atoms with Crippen LogP contribution in [0.4, 0.5) is 0 Å². The zero-order valence-corrected chi connectivity index (χ0v) is 34.2. The van der Waals surface area contributed by atoms with Crippen molar-refractivity contribution in [2.24, 2.45) is 0 Å². The second-order valence-corrected chi connectivity index (χ2v) is 13.5. The molecule has 0 spiro atoms. The number of esters is 4. The Hall–Kier alpha value is -5.50. The minimum atomic E-state index is -0.413. The molecule has 6 rings (SSSR count). The van der Waals surface area contributed by atoms with Gasteiger partial charge in [0, 0.05) is 83.7 Å². The molecule has 6 aromatic rings. The first-order valence-corrected chi connectivity index (χ1v) is 18.7. The van der Waals surface area contributed by atoms with Crippen molar-refractivity contribution in [2.75, 3.05) is 14.2 Å². The molecular weight excluding hydrogens is 839 g/mol. The first kappa shape index (κ1) is 45.9. The predicted octanol–water partition coefficient (Wildman–Crippen LogP) is 9.38. The number of carbonyl (C=O) groups is 4. The van der Waals surface area contributed by atoms with Gasteiger partial charge in [0.15, 0.2) is 0 Å². The topological polar surface area (TPSA) is 157 Å². The van der Waals surface area contributed by atoms with Crippen molar-refractivity contribution in [1.82, 2.24) is 19.9 Å². The van der Waals surface area contributed by atoms with Gasteiger partial charge in [-0.25, -0.2) is 9.59 Å². The van der Waals surface area contributed by atoms with Gasteiger partial charge in [-0.3, -0.25) is 29.5 Å². The van der Waals surface area contributed by atoms with Crippen molar-refractivity contribution >= 4 is 84.8 Å². The number of aromatic nitrogens is 4. The van der Waals surface area contributed by atoms with Crippen molar-refractivity contribution < 1.29 is 38.1 Å². The number of aryl methyl sites for hydroxylation is 1. The molecule has 0 fully saturated rings. The third kappa shape index (κ3) is 13.9. The Morgan fingerprint density at radius 1 is 0.649 bits per heavy atom. The lowest BCUT2D eigenvalue weighted by molar-refractivity contribution is -0.143. The van der Waals surface area contributed by atoms with Crippen LogP contribution in [0.1, 0.15) is 75.6 Å². The van der Waals surface area contributed by atoms with Crippen LogP contribution in [0, 0.1) is 6.92 Å². The molecule has 0 aliphatic rings. The van der Waals surface area contributed by atoms with Crippen molar-refractivity contribution in [3.05, 3.63) is 140 Å². The maximum atomic E-state index is 11.7. The van der Waals surface area contributed by atoms with E-state index >= 15 is 0 Å². The summed E-state index contributed by atoms with van der Waals surface area (Å²) in [6.07, 6.45) is 6.79. The number of halogens is 3. The smallest absolute Gasteiger partial charge is 0.337 e. The van der Waals surface area contributed by atoms with Gasteiger partial charge in [-0.2, -0.15) is 0 Å². The number of hydrogen-bond acceptors (Lipinski definition) is 12. The van der Waals surface area contributed by atoms with E-state index in [0.717, 1.165) is 55.1 Å². The molecule has 0 radical (unpaired) electrons. The number of benzene rings is 2. The van der Waals surface area contributed by atoms with Gasteiger partial charge in [-0.05, 0) is 78.7 Å². The Morgan fingerprint density at radius 2 is 1.12 bits per heavy atom. The molecule has 0 amide bonds. The summed E-state index contributed by atoms with van der Waals surface area (Å²) < 4.78 is 19.5. The van der Waals surface area contributed by atoms with E-state index in [1.54, 1.807) is 49.1 Å². The Bertz CT molecular complexity index is 2380. The van der Waals surface area contributed by atoms with E-state index in [0.29, 0.717) is 33.3 Å². The van der Waals surface area contributed by atoms with Gasteiger partial charge in [-0.1, -0.05) is 46.6 Å². The fourth-order valence-corrected chi connectivity index (χ4v) is 5.97. The summed E-state index contributed by atoms with van der Waals surface area (Å²) in [5.74, 6) is -1.41. The summed E-state index contributed by atoms with van der Waals surface area (Å²) in [4.78, 5) is 61.6. The number of methoxy groups -OCH3 is 2. The monoisotopic (exact) mass is 878 g/mol. The molecule has 57 heavy (non-hydrogen) atoms. The highest BCUT2D eigenvalue weighted by molar-refractivity contribution is 9.08. The molecule has 0 unspecified atom stereocenters. The van der Waals surface area contributed by atoms with Crippen LogP contribution in [0.3, 0.4) is 0 Å². The van der Waals surface area contributed by atoms with Gasteiger partial charge < -0.3 is 18.9 Å². The molecule has 0 bridgehead atoms. The van der Waals surface area contributed by atoms with E-state index in [1.807, 2.05) is 43.3 Å². The van der Waals surface area contributed by atoms with Crippen LogP contribution in [0.25, 0.3) is 21.8 Å². The number of ether oxygens (including phenoxy) is 4. The van der Waals surface area contributed by atoms with Crippen LogP contribution in [0.15, 0.2) is 85.5 Å². The van der Waals surface area contributed by atoms with Crippen LogP contribution in [0.5, 0.6) is 0 Å². The molecule has 0 aliphatic carbocycles. The lowest BCUT2D eigenvalue weighted by Crippen LogP contribution is -2.04. The number of pyridine rings is 4. The van der Waals surface area contributed by atoms with Crippen LogP contribution in [0.2, 0.25) is 10.0 Å². The minimum absolute atomic E-state index is 0. The standard InChI is InChI=1S/C20H17ClN2O4.C13H11BrClNO2.C8H9NO2.CH4/c1-12(24)27-11-16-6-13(5-15-8-17(21)10-23-19(15)16)7-18-9-14(3-4-22-18)20(25)26-2;1-8(17)18-7-11-3-9(5-14)2-10-4-12(15)6-16-13(10)11;1-6-5-7(3-4-9-6)8(10)11-2;/h3-6,8-10H,7,11H2,1-2H3;2-4,6H,5,7H2,1H3;3-5H,1-2H3;1H4. The summed E-state index contributed by atoms with van der Waals surface area (Å²) in [6, 6.07) is 18.1. The van der Waals surface area contributed by atoms with Crippen LogP contribution >= 0.6 is 39.1 Å². The lowest BCUT2D eigenvalue weighted by Gasteiger charge is -2.10. The van der Waals surface area contributed by atoms with Gasteiger partial charge in [-0.15, -0.1) is 0 Å². The number of alkyl halides is 1. The number of rotatable bonds is 9. The Balaban J connectivity index is 0.000000250. The number of carbonyl (C=O) groups excluding carboxylic acids is 4. The van der Waals surface area contributed by atoms with Crippen LogP contribution in [-0.4, -0.2) is 58.0 Å². The fourth-order valence-electron chi connectivity index (χ4n) is 5.31. The van der Waals surface area contributed by atoms with Gasteiger partial charge in [0.2, 0.25) is 0 Å². The third-order valence-electron chi connectivity index (χ3n) is 7.73. The van der Waals surface area contributed by atoms with E-state index in [2.05, 4.69) is 40.6 Å². The number of fused-ring (bicyclic) bond motifs is 2. The molecule has 4 aromatic heterocycles. The quantitative estimate of drug-likeness (QED) is 0.0771. The highest BCUT2D eigenvalue weighted by Crippen LogP contribution is 2.26. The van der Waals surface area contributed by atoms with Crippen LogP contribution < -0.4 is 0 Å². The highest BCUT2D eigenvalue weighted by Gasteiger charge is 2.12. The van der Waals surface area contributed by atoms with Crippen molar-refractivity contribution in [3.63, 3.8) is 0 Å². The molecule has 4 heterocycles. The lowest BCUT2D eigenvalue weighted by atomic mass is 10.0. The van der Waals surface area contributed by atoms with Gasteiger partial charge >= 0.3 is 23.9 Å². The summed E-state index contributed by atoms with van der Waals surface area (Å²) >= 11 is 15.4. The molecule has 0 saturated carbocycles. The second-order valence-electron chi connectivity index (χ2n) is 12.0. The zero-order valence-electron chi connectivity index (χ0n) is 31.1. The molecule has 2 aromatic carbocycles. The summed E-state index contributed by atoms with van der Waals surface area (Å²) in [5.41, 5.74) is 7.72. The summed E-state index contributed by atoms with van der Waals surface area (Å²) in [6.45, 7) is 4.91. The van der Waals surface area contributed by atoms with E-state index in [-0.39, 0.29) is 38.5 Å². The number of nitrogens with zero attached hydrogens (tertiary/aromatic N) is 4. The van der Waals surface area contributed by atoms with E-state index in [1.165, 1.54) is 28.1 Å². The first-order chi connectivity index (χ1) is 26.8. The molecule has 0 saturated heterocycles. The average Bonchev–Trinajstić information content (AvgIpc) is 3.18. The third-order valence-corrected chi connectivity index (χ3v) is 8.79. The largest absolute Gasteiger partial charge is 0.465 e. The molecule has 0 N–H and O–H groups in total. The zero-order chi connectivity index (χ0) is 40.8. The van der Waals surface area contributed by atoms with E-state index in [9.17, 15) is 19.2 Å². The maximum Gasteiger partial charge on any atom is 0.337 e. The second kappa shape index (κ2) is 22.3. The van der Waals surface area contributed by atoms with Crippen molar-refractivity contribution in [1.29, 1.82) is 0 Å². The maximum absolute atomic E-state index is 11.7. The molecule has 12 nitrogen and oxygen atoms in total. The van der Waals surface area contributed by atoms with E-state index in [4.69, 9.17) is 37.4 Å². The normalized spacial score (nSPS) is 10.2. The molecule has 0 atom stereocenters. The summed E-state index contributed by atoms with van der Waals surface area (Å²) in [5, 5.41) is 3.62. The predicted molar refractivity (Wildman–Crippen MR) is 223 cm³/mol. The minimum Gasteiger partial charge on any atom is -0.465 e.